The molecular formula is C26H30N4O2. The molecule has 0 unspecified atom stereocenters. The van der Waals surface area contributed by atoms with E-state index in [-0.39, 0.29) is 23.9 Å². The first-order valence-corrected chi connectivity index (χ1v) is 11.0. The summed E-state index contributed by atoms with van der Waals surface area (Å²) in [6.45, 7) is 8.21. The van der Waals surface area contributed by atoms with Crippen LogP contribution in [0, 0.1) is 11.8 Å². The molecule has 166 valence electrons. The maximum Gasteiger partial charge on any atom is 0.212 e. The van der Waals surface area contributed by atoms with Gasteiger partial charge in [-0.3, -0.25) is 0 Å². The quantitative estimate of drug-likeness (QED) is 0.374. The highest BCUT2D eigenvalue weighted by Crippen LogP contribution is 2.30. The van der Waals surface area contributed by atoms with Gasteiger partial charge in [0.1, 0.15) is 0 Å². The van der Waals surface area contributed by atoms with Crippen molar-refractivity contribution >= 4 is 0 Å². The molecule has 0 amide bonds. The van der Waals surface area contributed by atoms with Crippen LogP contribution in [-0.2, 0) is 0 Å². The van der Waals surface area contributed by atoms with Crippen LogP contribution in [0.15, 0.2) is 69.8 Å². The number of aromatic nitrogens is 2. The summed E-state index contributed by atoms with van der Waals surface area (Å²) in [6, 6.07) is 16.0. The van der Waals surface area contributed by atoms with Gasteiger partial charge in [0.25, 0.3) is 0 Å². The molecule has 4 aromatic rings. The molecule has 0 bridgehead atoms. The second-order valence-corrected chi connectivity index (χ2v) is 8.82. The Morgan fingerprint density at radius 3 is 1.19 bits per heavy atom. The van der Waals surface area contributed by atoms with Crippen molar-refractivity contribution in [2.75, 3.05) is 0 Å². The van der Waals surface area contributed by atoms with E-state index in [1.807, 2.05) is 24.3 Å². The van der Waals surface area contributed by atoms with Gasteiger partial charge in [0.05, 0.1) is 24.5 Å². The average molecular weight is 431 g/mol. The number of hydrogen-bond acceptors (Lipinski definition) is 6. The lowest BCUT2D eigenvalue weighted by atomic mass is 10.0. The van der Waals surface area contributed by atoms with Crippen LogP contribution in [0.3, 0.4) is 0 Å². The third kappa shape index (κ3) is 4.52. The lowest BCUT2D eigenvalue weighted by molar-refractivity contribution is 0.393. The van der Waals surface area contributed by atoms with Crippen molar-refractivity contribution in [3.05, 3.63) is 72.7 Å². The number of hydrogen-bond donors (Lipinski definition) is 2. The van der Waals surface area contributed by atoms with Crippen LogP contribution in [-0.4, -0.2) is 9.97 Å². The average Bonchev–Trinajstić information content (AvgIpc) is 3.48. The van der Waals surface area contributed by atoms with E-state index in [4.69, 9.17) is 20.3 Å². The van der Waals surface area contributed by atoms with Crippen molar-refractivity contribution in [1.82, 2.24) is 9.97 Å². The van der Waals surface area contributed by atoms with Crippen LogP contribution >= 0.6 is 0 Å². The Morgan fingerprint density at radius 2 is 0.875 bits per heavy atom. The largest absolute Gasteiger partial charge is 0.439 e. The monoisotopic (exact) mass is 430 g/mol. The van der Waals surface area contributed by atoms with Crippen LogP contribution in [0.4, 0.5) is 0 Å². The number of benzene rings is 2. The number of rotatable bonds is 7. The van der Waals surface area contributed by atoms with E-state index in [0.717, 1.165) is 33.8 Å². The highest BCUT2D eigenvalue weighted by atomic mass is 16.4. The van der Waals surface area contributed by atoms with Crippen LogP contribution in [0.5, 0.6) is 0 Å². The van der Waals surface area contributed by atoms with E-state index in [9.17, 15) is 0 Å². The lowest BCUT2D eigenvalue weighted by Crippen LogP contribution is -2.16. The summed E-state index contributed by atoms with van der Waals surface area (Å²) in [5.74, 6) is 3.11. The van der Waals surface area contributed by atoms with Crippen molar-refractivity contribution in [2.24, 2.45) is 23.3 Å². The minimum atomic E-state index is -0.205. The molecule has 0 radical (unpaired) electrons. The van der Waals surface area contributed by atoms with E-state index in [1.165, 1.54) is 0 Å². The van der Waals surface area contributed by atoms with Gasteiger partial charge in [-0.05, 0) is 23.0 Å². The predicted octanol–water partition coefficient (Wildman–Crippen LogP) is 5.98. The van der Waals surface area contributed by atoms with Gasteiger partial charge in [0.2, 0.25) is 11.8 Å². The van der Waals surface area contributed by atoms with Gasteiger partial charge in [0.15, 0.2) is 11.5 Å². The fourth-order valence-corrected chi connectivity index (χ4v) is 3.37. The van der Waals surface area contributed by atoms with Gasteiger partial charge < -0.3 is 20.3 Å². The number of oxazole rings is 2. The SMILES string of the molecule is CC(C)[C@H](N)c1ncc(-c2ccc(-c3ccc(-c4cnc([C@@H](N)C(C)C)o4)cc3)cc2)o1. The third-order valence-electron chi connectivity index (χ3n) is 5.73. The summed E-state index contributed by atoms with van der Waals surface area (Å²) in [5, 5.41) is 0. The Bertz CT molecular complexity index is 1060. The van der Waals surface area contributed by atoms with E-state index >= 15 is 0 Å². The van der Waals surface area contributed by atoms with Gasteiger partial charge in [-0.2, -0.15) is 0 Å². The van der Waals surface area contributed by atoms with Crippen molar-refractivity contribution < 1.29 is 8.83 Å². The molecule has 0 aliphatic heterocycles. The topological polar surface area (TPSA) is 104 Å². The minimum Gasteiger partial charge on any atom is -0.439 e. The van der Waals surface area contributed by atoms with Gasteiger partial charge in [-0.1, -0.05) is 76.2 Å². The lowest BCUT2D eigenvalue weighted by Gasteiger charge is -2.10. The molecular weight excluding hydrogens is 400 g/mol. The molecule has 2 atom stereocenters. The molecule has 32 heavy (non-hydrogen) atoms. The zero-order chi connectivity index (χ0) is 22.8. The van der Waals surface area contributed by atoms with Crippen LogP contribution in [0.1, 0.15) is 51.6 Å². The molecule has 6 nitrogen and oxygen atoms in total. The van der Waals surface area contributed by atoms with Gasteiger partial charge >= 0.3 is 0 Å². The van der Waals surface area contributed by atoms with Crippen LogP contribution < -0.4 is 11.5 Å². The highest BCUT2D eigenvalue weighted by molar-refractivity contribution is 5.70. The maximum absolute atomic E-state index is 6.14. The second-order valence-electron chi connectivity index (χ2n) is 8.82. The number of nitrogens with two attached hydrogens (primary N) is 2. The first kappa shape index (κ1) is 22.0. The Kier molecular flexibility index (Phi) is 6.26. The van der Waals surface area contributed by atoms with Crippen LogP contribution in [0.2, 0.25) is 0 Å². The van der Waals surface area contributed by atoms with E-state index in [2.05, 4.69) is 61.9 Å². The molecule has 0 aliphatic carbocycles. The first-order valence-electron chi connectivity index (χ1n) is 11.0. The van der Waals surface area contributed by atoms with Gasteiger partial charge in [0, 0.05) is 11.1 Å². The molecule has 4 N–H and O–H groups in total. The fourth-order valence-electron chi connectivity index (χ4n) is 3.37. The van der Waals surface area contributed by atoms with Gasteiger partial charge in [-0.25, -0.2) is 9.97 Å². The van der Waals surface area contributed by atoms with Crippen LogP contribution in [0.25, 0.3) is 33.8 Å². The van der Waals surface area contributed by atoms with Crippen molar-refractivity contribution in [1.29, 1.82) is 0 Å². The maximum atomic E-state index is 6.14. The third-order valence-corrected chi connectivity index (χ3v) is 5.73. The Morgan fingerprint density at radius 1 is 0.562 bits per heavy atom. The Hall–Kier alpha value is -3.22. The zero-order valence-corrected chi connectivity index (χ0v) is 18.9. The molecule has 0 saturated carbocycles. The smallest absolute Gasteiger partial charge is 0.212 e. The molecule has 2 aromatic heterocycles. The normalized spacial score (nSPS) is 13.6. The molecule has 4 rings (SSSR count). The summed E-state index contributed by atoms with van der Waals surface area (Å²) < 4.78 is 11.8. The van der Waals surface area contributed by atoms with E-state index in [0.29, 0.717) is 11.8 Å². The molecule has 2 heterocycles. The second kappa shape index (κ2) is 9.10. The molecule has 0 aliphatic rings. The van der Waals surface area contributed by atoms with Crippen molar-refractivity contribution in [3.63, 3.8) is 0 Å². The number of nitrogens with zero attached hydrogens (tertiary/aromatic N) is 2. The zero-order valence-electron chi connectivity index (χ0n) is 18.9. The van der Waals surface area contributed by atoms with Gasteiger partial charge in [-0.15, -0.1) is 0 Å². The van der Waals surface area contributed by atoms with E-state index < -0.39 is 0 Å². The molecule has 0 fully saturated rings. The molecule has 0 saturated heterocycles. The molecule has 0 spiro atoms. The van der Waals surface area contributed by atoms with Crippen molar-refractivity contribution in [2.45, 2.75) is 39.8 Å². The molecule has 2 aromatic carbocycles. The standard InChI is InChI=1S/C26H30N4O2/c1-15(2)23(27)25-29-13-21(31-25)19-9-5-17(6-10-19)18-7-11-20(12-8-18)22-14-30-26(32-22)24(28)16(3)4/h5-16,23-24H,27-28H2,1-4H3/t23-,24-/m0/s1. The predicted molar refractivity (Wildman–Crippen MR) is 126 cm³/mol. The Balaban J connectivity index is 1.49. The minimum absolute atomic E-state index is 0.205. The summed E-state index contributed by atoms with van der Waals surface area (Å²) in [5.41, 5.74) is 16.4. The first-order chi connectivity index (χ1) is 15.3. The summed E-state index contributed by atoms with van der Waals surface area (Å²) >= 11 is 0. The summed E-state index contributed by atoms with van der Waals surface area (Å²) in [4.78, 5) is 8.68. The fraction of sp³-hybridized carbons (Fsp3) is 0.308. The molecule has 6 heteroatoms. The highest BCUT2D eigenvalue weighted by Gasteiger charge is 2.18. The van der Waals surface area contributed by atoms with E-state index in [1.54, 1.807) is 12.4 Å². The summed E-state index contributed by atoms with van der Waals surface area (Å²) in [7, 11) is 0. The Labute approximate surface area is 188 Å². The summed E-state index contributed by atoms with van der Waals surface area (Å²) in [6.07, 6.45) is 3.47. The van der Waals surface area contributed by atoms with Crippen molar-refractivity contribution in [3.8, 4) is 33.8 Å².